The summed E-state index contributed by atoms with van der Waals surface area (Å²) in [7, 11) is 3.17. The molecular weight excluding hydrogens is 418 g/mol. The predicted octanol–water partition coefficient (Wildman–Crippen LogP) is 4.33. The van der Waals surface area contributed by atoms with E-state index in [1.165, 1.54) is 0 Å². The molecule has 9 heteroatoms. The van der Waals surface area contributed by atoms with Gasteiger partial charge in [0.15, 0.2) is 22.8 Å². The molecule has 0 aliphatic rings. The van der Waals surface area contributed by atoms with Crippen LogP contribution in [-0.4, -0.2) is 39.9 Å². The Labute approximate surface area is 183 Å². The summed E-state index contributed by atoms with van der Waals surface area (Å²) in [4.78, 5) is 12.8. The minimum atomic E-state index is -0.416. The zero-order valence-corrected chi connectivity index (χ0v) is 18.2. The fraction of sp³-hybridized carbons (Fsp3) is 0.182. The van der Waals surface area contributed by atoms with Crippen LogP contribution in [-0.2, 0) is 0 Å². The first kappa shape index (κ1) is 20.6. The van der Waals surface area contributed by atoms with E-state index in [-0.39, 0.29) is 5.69 Å². The standard InChI is InChI=1S/C22H20ClN5O3/c1-12-19(14-9-10-17(30-3)18(11-14)31-4)21-26-25-20(13(2)28(21)27-12)22(29)24-16-8-6-5-7-15(16)23/h5-11H,1-4H3,(H,24,29). The molecule has 4 aromatic rings. The van der Waals surface area contributed by atoms with E-state index in [2.05, 4.69) is 20.6 Å². The molecule has 0 atom stereocenters. The normalized spacial score (nSPS) is 10.9. The summed E-state index contributed by atoms with van der Waals surface area (Å²) in [5, 5.41) is 16.3. The van der Waals surface area contributed by atoms with Crippen molar-refractivity contribution in [1.82, 2.24) is 19.8 Å². The number of nitrogens with zero attached hydrogens (tertiary/aromatic N) is 4. The molecule has 0 aliphatic carbocycles. The van der Waals surface area contributed by atoms with Crippen LogP contribution in [0.15, 0.2) is 42.5 Å². The van der Waals surface area contributed by atoms with Crippen molar-refractivity contribution in [1.29, 1.82) is 0 Å². The number of rotatable bonds is 5. The molecule has 158 valence electrons. The number of carbonyl (C=O) groups is 1. The van der Waals surface area contributed by atoms with Crippen molar-refractivity contribution in [2.24, 2.45) is 0 Å². The Hall–Kier alpha value is -3.65. The van der Waals surface area contributed by atoms with Gasteiger partial charge in [0.05, 0.1) is 41.9 Å². The Morgan fingerprint density at radius 2 is 1.77 bits per heavy atom. The van der Waals surface area contributed by atoms with Gasteiger partial charge in [-0.1, -0.05) is 29.8 Å². The molecule has 0 fully saturated rings. The maximum absolute atomic E-state index is 12.8. The third-order valence-electron chi connectivity index (χ3n) is 4.95. The molecule has 0 radical (unpaired) electrons. The Bertz CT molecular complexity index is 1300. The lowest BCUT2D eigenvalue weighted by atomic mass is 10.1. The van der Waals surface area contributed by atoms with E-state index in [4.69, 9.17) is 21.1 Å². The van der Waals surface area contributed by atoms with E-state index >= 15 is 0 Å². The number of carbonyl (C=O) groups excluding carboxylic acids is 1. The average molecular weight is 438 g/mol. The van der Waals surface area contributed by atoms with Gasteiger partial charge in [-0.25, -0.2) is 4.52 Å². The number of hydrogen-bond acceptors (Lipinski definition) is 6. The van der Waals surface area contributed by atoms with Gasteiger partial charge in [0.1, 0.15) is 0 Å². The number of aromatic nitrogens is 4. The van der Waals surface area contributed by atoms with Crippen molar-refractivity contribution in [2.75, 3.05) is 19.5 Å². The van der Waals surface area contributed by atoms with Crippen molar-refractivity contribution in [2.45, 2.75) is 13.8 Å². The SMILES string of the molecule is COc1ccc(-c2c(C)nn3c(C)c(C(=O)Nc4ccccc4Cl)nnc23)cc1OC. The van der Waals surface area contributed by atoms with Crippen LogP contribution < -0.4 is 14.8 Å². The second-order valence-corrected chi connectivity index (χ2v) is 7.24. The number of para-hydroxylation sites is 1. The maximum atomic E-state index is 12.8. The Morgan fingerprint density at radius 1 is 1.03 bits per heavy atom. The smallest absolute Gasteiger partial charge is 0.278 e. The number of hydrogen-bond donors (Lipinski definition) is 1. The van der Waals surface area contributed by atoms with Crippen LogP contribution in [0.2, 0.25) is 5.02 Å². The van der Waals surface area contributed by atoms with E-state index in [1.54, 1.807) is 49.9 Å². The van der Waals surface area contributed by atoms with Crippen LogP contribution in [0.4, 0.5) is 5.69 Å². The van der Waals surface area contributed by atoms with Gasteiger partial charge in [-0.3, -0.25) is 4.79 Å². The van der Waals surface area contributed by atoms with Crippen LogP contribution in [0.3, 0.4) is 0 Å². The molecule has 0 aliphatic heterocycles. The molecule has 2 aromatic heterocycles. The molecule has 8 nitrogen and oxygen atoms in total. The second kappa shape index (κ2) is 8.23. The fourth-order valence-corrected chi connectivity index (χ4v) is 3.58. The van der Waals surface area contributed by atoms with E-state index < -0.39 is 5.91 Å². The lowest BCUT2D eigenvalue weighted by Crippen LogP contribution is -2.18. The molecular formula is C22H20ClN5O3. The van der Waals surface area contributed by atoms with Gasteiger partial charge in [0.25, 0.3) is 5.91 Å². The summed E-state index contributed by atoms with van der Waals surface area (Å²) in [6, 6.07) is 12.6. The van der Waals surface area contributed by atoms with E-state index in [9.17, 15) is 4.79 Å². The second-order valence-electron chi connectivity index (χ2n) is 6.83. The number of aryl methyl sites for hydroxylation is 2. The first-order valence-corrected chi connectivity index (χ1v) is 9.83. The highest BCUT2D eigenvalue weighted by Gasteiger charge is 2.21. The Morgan fingerprint density at radius 3 is 2.48 bits per heavy atom. The molecule has 0 spiro atoms. The van der Waals surface area contributed by atoms with Gasteiger partial charge < -0.3 is 14.8 Å². The number of methoxy groups -OCH3 is 2. The molecule has 0 unspecified atom stereocenters. The van der Waals surface area contributed by atoms with E-state index in [1.807, 2.05) is 25.1 Å². The minimum Gasteiger partial charge on any atom is -0.493 e. The van der Waals surface area contributed by atoms with E-state index in [0.29, 0.717) is 33.6 Å². The maximum Gasteiger partial charge on any atom is 0.278 e. The average Bonchev–Trinajstić information content (AvgIpc) is 3.11. The molecule has 2 aromatic carbocycles. The summed E-state index contributed by atoms with van der Waals surface area (Å²) in [6.07, 6.45) is 0. The molecule has 1 N–H and O–H groups in total. The Balaban J connectivity index is 1.77. The summed E-state index contributed by atoms with van der Waals surface area (Å²) >= 11 is 6.14. The molecule has 0 saturated heterocycles. The zero-order chi connectivity index (χ0) is 22.1. The predicted molar refractivity (Wildman–Crippen MR) is 118 cm³/mol. The van der Waals surface area contributed by atoms with Gasteiger partial charge >= 0.3 is 0 Å². The highest BCUT2D eigenvalue weighted by molar-refractivity contribution is 6.33. The lowest BCUT2D eigenvalue weighted by Gasteiger charge is -2.10. The zero-order valence-electron chi connectivity index (χ0n) is 17.4. The van der Waals surface area contributed by atoms with Gasteiger partial charge in [0.2, 0.25) is 0 Å². The number of halogens is 1. The van der Waals surface area contributed by atoms with Gasteiger partial charge in [0, 0.05) is 0 Å². The van der Waals surface area contributed by atoms with Gasteiger partial charge in [-0.2, -0.15) is 5.10 Å². The summed E-state index contributed by atoms with van der Waals surface area (Å²) in [5.74, 6) is 0.807. The highest BCUT2D eigenvalue weighted by atomic mass is 35.5. The third-order valence-corrected chi connectivity index (χ3v) is 5.28. The van der Waals surface area contributed by atoms with E-state index in [0.717, 1.165) is 16.8 Å². The number of amides is 1. The van der Waals surface area contributed by atoms with Crippen molar-refractivity contribution in [3.05, 3.63) is 64.6 Å². The third kappa shape index (κ3) is 3.66. The van der Waals surface area contributed by atoms with Crippen LogP contribution in [0, 0.1) is 13.8 Å². The fourth-order valence-electron chi connectivity index (χ4n) is 3.39. The van der Waals surface area contributed by atoms with Crippen LogP contribution in [0.5, 0.6) is 11.5 Å². The van der Waals surface area contributed by atoms with Crippen molar-refractivity contribution >= 4 is 28.8 Å². The monoisotopic (exact) mass is 437 g/mol. The molecule has 4 rings (SSSR count). The topological polar surface area (TPSA) is 90.6 Å². The first-order chi connectivity index (χ1) is 14.9. The van der Waals surface area contributed by atoms with Gasteiger partial charge in [-0.15, -0.1) is 10.2 Å². The van der Waals surface area contributed by atoms with Crippen LogP contribution in [0.25, 0.3) is 16.8 Å². The molecule has 1 amide bonds. The minimum absolute atomic E-state index is 0.161. The van der Waals surface area contributed by atoms with Crippen molar-refractivity contribution < 1.29 is 14.3 Å². The first-order valence-electron chi connectivity index (χ1n) is 9.45. The molecule has 31 heavy (non-hydrogen) atoms. The highest BCUT2D eigenvalue weighted by Crippen LogP contribution is 2.35. The largest absolute Gasteiger partial charge is 0.493 e. The Kier molecular flexibility index (Phi) is 5.48. The number of fused-ring (bicyclic) bond motifs is 1. The number of anilines is 1. The number of benzene rings is 2. The quantitative estimate of drug-likeness (QED) is 0.499. The van der Waals surface area contributed by atoms with Crippen molar-refractivity contribution in [3.63, 3.8) is 0 Å². The van der Waals surface area contributed by atoms with Crippen LogP contribution >= 0.6 is 11.6 Å². The summed E-state index contributed by atoms with van der Waals surface area (Å²) in [6.45, 7) is 3.65. The summed E-state index contributed by atoms with van der Waals surface area (Å²) in [5.41, 5.74) is 4.16. The van der Waals surface area contributed by atoms with Crippen LogP contribution in [0.1, 0.15) is 21.9 Å². The molecule has 0 saturated carbocycles. The number of ether oxygens (including phenoxy) is 2. The van der Waals surface area contributed by atoms with Gasteiger partial charge in [-0.05, 0) is 43.7 Å². The molecule has 2 heterocycles. The van der Waals surface area contributed by atoms with Crippen molar-refractivity contribution in [3.8, 4) is 22.6 Å². The summed E-state index contributed by atoms with van der Waals surface area (Å²) < 4.78 is 12.4. The number of nitrogens with one attached hydrogen (secondary N) is 1. The lowest BCUT2D eigenvalue weighted by molar-refractivity contribution is 0.102. The molecule has 0 bridgehead atoms.